The summed E-state index contributed by atoms with van der Waals surface area (Å²) in [5, 5.41) is 4.99. The highest BCUT2D eigenvalue weighted by atomic mass is 32.1. The van der Waals surface area contributed by atoms with Crippen LogP contribution in [0.25, 0.3) is 0 Å². The van der Waals surface area contributed by atoms with Crippen molar-refractivity contribution in [2.45, 2.75) is 26.9 Å². The first-order valence-corrected chi connectivity index (χ1v) is 9.34. The van der Waals surface area contributed by atoms with E-state index in [-0.39, 0.29) is 6.03 Å². The molecule has 0 aliphatic carbocycles. The van der Waals surface area contributed by atoms with Crippen molar-refractivity contribution >= 4 is 17.4 Å². The number of thiophene rings is 1. The standard InChI is InChI=1S/C20H26N2O2S/c1-4-10-22(14-19-9-6-11-25-19)20(23)21-13-17-7-5-8-18(12-17)24-15-16(2)3/h4-9,11-12,16H,1,10,13-15H2,2-3H3,(H,21,23). The number of nitrogens with one attached hydrogen (secondary N) is 1. The van der Waals surface area contributed by atoms with E-state index in [4.69, 9.17) is 4.74 Å². The van der Waals surface area contributed by atoms with Gasteiger partial charge in [-0.3, -0.25) is 0 Å². The lowest BCUT2D eigenvalue weighted by Gasteiger charge is -2.21. The van der Waals surface area contributed by atoms with Gasteiger partial charge in [0.2, 0.25) is 0 Å². The van der Waals surface area contributed by atoms with Gasteiger partial charge in [-0.1, -0.05) is 38.1 Å². The minimum atomic E-state index is -0.0956. The summed E-state index contributed by atoms with van der Waals surface area (Å²) in [7, 11) is 0. The summed E-state index contributed by atoms with van der Waals surface area (Å²) in [6.07, 6.45) is 1.74. The van der Waals surface area contributed by atoms with Crippen molar-refractivity contribution in [1.29, 1.82) is 0 Å². The molecule has 0 aliphatic rings. The van der Waals surface area contributed by atoms with E-state index in [9.17, 15) is 4.79 Å². The molecule has 1 aromatic heterocycles. The summed E-state index contributed by atoms with van der Waals surface area (Å²) in [4.78, 5) is 15.4. The number of hydrogen-bond donors (Lipinski definition) is 1. The Balaban J connectivity index is 1.90. The predicted octanol–water partition coefficient (Wildman–Crippen LogP) is 4.68. The first-order valence-electron chi connectivity index (χ1n) is 8.46. The van der Waals surface area contributed by atoms with Gasteiger partial charge in [0.1, 0.15) is 5.75 Å². The second-order valence-corrected chi connectivity index (χ2v) is 7.29. The summed E-state index contributed by atoms with van der Waals surface area (Å²) in [6.45, 7) is 10.2. The highest BCUT2D eigenvalue weighted by molar-refractivity contribution is 7.09. The maximum Gasteiger partial charge on any atom is 0.318 e. The van der Waals surface area contributed by atoms with Crippen LogP contribution in [0.3, 0.4) is 0 Å². The van der Waals surface area contributed by atoms with Crippen molar-refractivity contribution < 1.29 is 9.53 Å². The molecule has 2 aromatic rings. The van der Waals surface area contributed by atoms with E-state index in [1.54, 1.807) is 22.3 Å². The molecule has 1 N–H and O–H groups in total. The number of carbonyl (C=O) groups is 1. The van der Waals surface area contributed by atoms with Crippen molar-refractivity contribution in [3.63, 3.8) is 0 Å². The molecule has 0 spiro atoms. The van der Waals surface area contributed by atoms with E-state index in [0.717, 1.165) is 16.2 Å². The molecule has 25 heavy (non-hydrogen) atoms. The van der Waals surface area contributed by atoms with Gasteiger partial charge in [-0.15, -0.1) is 17.9 Å². The Kier molecular flexibility index (Phi) is 7.54. The lowest BCUT2D eigenvalue weighted by atomic mass is 10.2. The number of hydrogen-bond acceptors (Lipinski definition) is 3. The van der Waals surface area contributed by atoms with Crippen LogP contribution in [-0.4, -0.2) is 24.1 Å². The minimum absolute atomic E-state index is 0.0956. The Morgan fingerprint density at radius 1 is 1.36 bits per heavy atom. The van der Waals surface area contributed by atoms with Gasteiger partial charge in [0.25, 0.3) is 0 Å². The van der Waals surface area contributed by atoms with Crippen LogP contribution >= 0.6 is 11.3 Å². The average molecular weight is 359 g/mol. The Morgan fingerprint density at radius 3 is 2.88 bits per heavy atom. The van der Waals surface area contributed by atoms with Gasteiger partial charge in [-0.05, 0) is 35.1 Å². The van der Waals surface area contributed by atoms with Gasteiger partial charge in [0.05, 0.1) is 13.2 Å². The van der Waals surface area contributed by atoms with Crippen LogP contribution in [0.2, 0.25) is 0 Å². The molecule has 2 amide bonds. The van der Waals surface area contributed by atoms with Crippen LogP contribution in [0.1, 0.15) is 24.3 Å². The first kappa shape index (κ1) is 19.1. The lowest BCUT2D eigenvalue weighted by molar-refractivity contribution is 0.201. The minimum Gasteiger partial charge on any atom is -0.493 e. The van der Waals surface area contributed by atoms with Gasteiger partial charge in [-0.25, -0.2) is 4.79 Å². The fourth-order valence-corrected chi connectivity index (χ4v) is 2.98. The lowest BCUT2D eigenvalue weighted by Crippen LogP contribution is -2.39. The topological polar surface area (TPSA) is 41.6 Å². The molecule has 2 rings (SSSR count). The van der Waals surface area contributed by atoms with Gasteiger partial charge >= 0.3 is 6.03 Å². The average Bonchev–Trinajstić information content (AvgIpc) is 3.11. The number of carbonyl (C=O) groups excluding carboxylic acids is 1. The Labute approximate surface area is 154 Å². The second kappa shape index (κ2) is 9.89. The zero-order valence-electron chi connectivity index (χ0n) is 14.9. The zero-order chi connectivity index (χ0) is 18.1. The van der Waals surface area contributed by atoms with E-state index in [1.165, 1.54) is 0 Å². The van der Waals surface area contributed by atoms with Gasteiger partial charge in [-0.2, -0.15) is 0 Å². The number of urea groups is 1. The van der Waals surface area contributed by atoms with Crippen molar-refractivity contribution in [1.82, 2.24) is 10.2 Å². The molecule has 0 unspecified atom stereocenters. The molecular weight excluding hydrogens is 332 g/mol. The van der Waals surface area contributed by atoms with Crippen LogP contribution in [0, 0.1) is 5.92 Å². The summed E-state index contributed by atoms with van der Waals surface area (Å²) in [6, 6.07) is 11.8. The van der Waals surface area contributed by atoms with E-state index in [1.807, 2.05) is 41.8 Å². The maximum atomic E-state index is 12.5. The third-order valence-corrected chi connectivity index (χ3v) is 4.35. The van der Waals surface area contributed by atoms with Crippen molar-refractivity contribution in [2.24, 2.45) is 5.92 Å². The molecule has 0 aliphatic heterocycles. The number of nitrogens with zero attached hydrogens (tertiary/aromatic N) is 1. The molecule has 0 fully saturated rings. The fourth-order valence-electron chi connectivity index (χ4n) is 2.26. The first-order chi connectivity index (χ1) is 12.1. The molecule has 5 heteroatoms. The summed E-state index contributed by atoms with van der Waals surface area (Å²) < 4.78 is 5.74. The monoisotopic (exact) mass is 358 g/mol. The SMILES string of the molecule is C=CCN(Cc1cccs1)C(=O)NCc1cccc(OCC(C)C)c1. The molecule has 0 bridgehead atoms. The van der Waals surface area contributed by atoms with Crippen molar-refractivity contribution in [2.75, 3.05) is 13.2 Å². The molecular formula is C20H26N2O2S. The summed E-state index contributed by atoms with van der Waals surface area (Å²) in [5.41, 5.74) is 1.02. The third-order valence-electron chi connectivity index (χ3n) is 3.49. The number of amides is 2. The Morgan fingerprint density at radius 2 is 2.20 bits per heavy atom. The molecule has 4 nitrogen and oxygen atoms in total. The molecule has 1 heterocycles. The smallest absolute Gasteiger partial charge is 0.318 e. The normalized spacial score (nSPS) is 10.5. The van der Waals surface area contributed by atoms with E-state index in [0.29, 0.717) is 32.2 Å². The zero-order valence-corrected chi connectivity index (χ0v) is 15.7. The van der Waals surface area contributed by atoms with Crippen LogP contribution in [0.15, 0.2) is 54.4 Å². The van der Waals surface area contributed by atoms with Crippen LogP contribution in [0.5, 0.6) is 5.75 Å². The molecule has 1 aromatic carbocycles. The third kappa shape index (κ3) is 6.63. The van der Waals surface area contributed by atoms with Crippen LogP contribution in [0.4, 0.5) is 4.79 Å². The largest absolute Gasteiger partial charge is 0.493 e. The maximum absolute atomic E-state index is 12.5. The van der Waals surface area contributed by atoms with Gasteiger partial charge in [0, 0.05) is 18.0 Å². The van der Waals surface area contributed by atoms with Crippen molar-refractivity contribution in [3.05, 3.63) is 64.9 Å². The highest BCUT2D eigenvalue weighted by Gasteiger charge is 2.13. The highest BCUT2D eigenvalue weighted by Crippen LogP contribution is 2.15. The summed E-state index contributed by atoms with van der Waals surface area (Å²) in [5.74, 6) is 1.31. The number of ether oxygens (including phenoxy) is 1. The second-order valence-electron chi connectivity index (χ2n) is 6.26. The van der Waals surface area contributed by atoms with E-state index in [2.05, 4.69) is 25.7 Å². The molecule has 0 saturated carbocycles. The number of rotatable bonds is 9. The molecule has 0 radical (unpaired) electrons. The molecule has 0 saturated heterocycles. The van der Waals surface area contributed by atoms with Gasteiger partial charge in [0.15, 0.2) is 0 Å². The fraction of sp³-hybridized carbons (Fsp3) is 0.350. The van der Waals surface area contributed by atoms with E-state index < -0.39 is 0 Å². The van der Waals surface area contributed by atoms with Crippen LogP contribution in [-0.2, 0) is 13.1 Å². The predicted molar refractivity (Wildman–Crippen MR) is 104 cm³/mol. The van der Waals surface area contributed by atoms with Crippen LogP contribution < -0.4 is 10.1 Å². The quantitative estimate of drug-likeness (QED) is 0.661. The summed E-state index contributed by atoms with van der Waals surface area (Å²) >= 11 is 1.65. The Bertz CT molecular complexity index is 668. The van der Waals surface area contributed by atoms with Crippen molar-refractivity contribution in [3.8, 4) is 5.75 Å². The van der Waals surface area contributed by atoms with E-state index >= 15 is 0 Å². The Hall–Kier alpha value is -2.27. The number of benzene rings is 1. The van der Waals surface area contributed by atoms with Gasteiger partial charge < -0.3 is 15.0 Å². The molecule has 0 atom stereocenters. The molecule has 134 valence electrons.